The molecule has 0 aromatic carbocycles. The molecule has 6 nitrogen and oxygen atoms in total. The van der Waals surface area contributed by atoms with Gasteiger partial charge in [0, 0.05) is 19.3 Å². The van der Waals surface area contributed by atoms with Crippen molar-refractivity contribution in [3.8, 4) is 0 Å². The molecule has 0 saturated heterocycles. The van der Waals surface area contributed by atoms with Crippen LogP contribution in [0.5, 0.6) is 0 Å². The minimum absolute atomic E-state index is 0.0630. The second-order valence-electron chi connectivity index (χ2n) is 20.5. The molecule has 0 unspecified atom stereocenters. The van der Waals surface area contributed by atoms with Crippen molar-refractivity contribution >= 4 is 17.9 Å². The van der Waals surface area contributed by atoms with Crippen LogP contribution in [-0.4, -0.2) is 37.2 Å². The Kier molecular flexibility index (Phi) is 48.6. The molecular weight excluding hydrogens is 781 g/mol. The molecule has 0 aromatic rings. The van der Waals surface area contributed by atoms with Gasteiger partial charge in [0.1, 0.15) is 13.2 Å². The summed E-state index contributed by atoms with van der Waals surface area (Å²) < 4.78 is 16.9. The van der Waals surface area contributed by atoms with Crippen molar-refractivity contribution in [1.82, 2.24) is 0 Å². The molecule has 6 heteroatoms. The first kappa shape index (κ1) is 61.4. The highest BCUT2D eigenvalue weighted by Crippen LogP contribution is 2.18. The van der Waals surface area contributed by atoms with Crippen LogP contribution < -0.4 is 0 Å². The highest BCUT2D eigenvalue weighted by atomic mass is 16.6. The summed E-state index contributed by atoms with van der Waals surface area (Å²) in [4.78, 5) is 38.1. The van der Waals surface area contributed by atoms with E-state index in [4.69, 9.17) is 14.2 Å². The third-order valence-electron chi connectivity index (χ3n) is 13.0. The zero-order valence-corrected chi connectivity index (χ0v) is 43.2. The maximum absolute atomic E-state index is 12.8. The normalized spacial score (nSPS) is 12.0. The Morgan fingerprint density at radius 1 is 0.302 bits per heavy atom. The number of ether oxygens (including phenoxy) is 3. The van der Waals surface area contributed by atoms with Gasteiger partial charge in [0.05, 0.1) is 0 Å². The molecule has 0 N–H and O–H groups in total. The Labute approximate surface area is 393 Å². The molecule has 0 heterocycles. The Bertz CT molecular complexity index is 962. The van der Waals surface area contributed by atoms with Gasteiger partial charge in [-0.25, -0.2) is 0 Å². The van der Waals surface area contributed by atoms with Gasteiger partial charge in [0.2, 0.25) is 0 Å². The molecule has 0 aliphatic heterocycles. The van der Waals surface area contributed by atoms with E-state index in [0.29, 0.717) is 19.3 Å². The number of carbonyl (C=O) groups excluding carboxylic acids is 3. The van der Waals surface area contributed by atoms with E-state index in [-0.39, 0.29) is 31.1 Å². The van der Waals surface area contributed by atoms with Crippen LogP contribution in [-0.2, 0) is 28.6 Å². The van der Waals surface area contributed by atoms with Crippen LogP contribution >= 0.6 is 0 Å². The number of hydrogen-bond acceptors (Lipinski definition) is 6. The van der Waals surface area contributed by atoms with Gasteiger partial charge < -0.3 is 14.2 Å². The first-order chi connectivity index (χ1) is 30.7. The number of esters is 3. The van der Waals surface area contributed by atoms with Gasteiger partial charge in [0.15, 0.2) is 6.10 Å². The molecule has 63 heavy (non-hydrogen) atoms. The summed E-state index contributed by atoms with van der Waals surface area (Å²) >= 11 is 0. The topological polar surface area (TPSA) is 78.9 Å². The van der Waals surface area contributed by atoms with Crippen LogP contribution in [0.4, 0.5) is 0 Å². The van der Waals surface area contributed by atoms with E-state index < -0.39 is 6.10 Å². The SMILES string of the molecule is CCCCCCCCCCCCCCCCC(=O)OC[C@@H](COC(=O)CCCCCCCCCCCCCCCCCC(C)C)OC(=O)CCCCCCCCCCCCC(C)C. The van der Waals surface area contributed by atoms with E-state index in [1.54, 1.807) is 0 Å². The lowest BCUT2D eigenvalue weighted by molar-refractivity contribution is -0.167. The predicted octanol–water partition coefficient (Wildman–Crippen LogP) is 18.5. The van der Waals surface area contributed by atoms with E-state index in [2.05, 4.69) is 34.6 Å². The summed E-state index contributed by atoms with van der Waals surface area (Å²) in [6.45, 7) is 11.4. The summed E-state index contributed by atoms with van der Waals surface area (Å²) in [5.41, 5.74) is 0. The smallest absolute Gasteiger partial charge is 0.306 e. The summed E-state index contributed by atoms with van der Waals surface area (Å²) in [6.07, 6.45) is 52.3. The van der Waals surface area contributed by atoms with E-state index in [1.807, 2.05) is 0 Å². The number of carbonyl (C=O) groups is 3. The molecule has 374 valence electrons. The first-order valence-electron chi connectivity index (χ1n) is 28.2. The van der Waals surface area contributed by atoms with Crippen LogP contribution in [0.25, 0.3) is 0 Å². The fourth-order valence-electron chi connectivity index (χ4n) is 8.70. The van der Waals surface area contributed by atoms with Crippen molar-refractivity contribution < 1.29 is 28.6 Å². The lowest BCUT2D eigenvalue weighted by Crippen LogP contribution is -2.30. The zero-order valence-electron chi connectivity index (χ0n) is 43.2. The molecule has 0 amide bonds. The fourth-order valence-corrected chi connectivity index (χ4v) is 8.70. The number of unbranched alkanes of at least 4 members (excludes halogenated alkanes) is 36. The van der Waals surface area contributed by atoms with Crippen LogP contribution in [0.2, 0.25) is 0 Å². The molecule has 0 aliphatic carbocycles. The van der Waals surface area contributed by atoms with Crippen molar-refractivity contribution in [3.63, 3.8) is 0 Å². The highest BCUT2D eigenvalue weighted by molar-refractivity contribution is 5.71. The lowest BCUT2D eigenvalue weighted by Gasteiger charge is -2.18. The standard InChI is InChI=1S/C57H110O6/c1-6-7-8-9-10-11-12-13-18-21-27-32-37-42-47-55(58)61-50-54(63-57(60)49-44-39-34-29-24-23-26-31-36-41-46-53(4)5)51-62-56(59)48-43-38-33-28-22-19-16-14-15-17-20-25-30-35-40-45-52(2)3/h52-54H,6-51H2,1-5H3/t54-/m0/s1. The molecular formula is C57H110O6. The quantitative estimate of drug-likeness (QED) is 0.0344. The monoisotopic (exact) mass is 891 g/mol. The van der Waals surface area contributed by atoms with Crippen molar-refractivity contribution in [1.29, 1.82) is 0 Å². The fraction of sp³-hybridized carbons (Fsp3) is 0.947. The molecule has 0 radical (unpaired) electrons. The van der Waals surface area contributed by atoms with Gasteiger partial charge >= 0.3 is 17.9 Å². The van der Waals surface area contributed by atoms with Crippen molar-refractivity contribution in [2.45, 2.75) is 323 Å². The van der Waals surface area contributed by atoms with Gasteiger partial charge in [0.25, 0.3) is 0 Å². The molecule has 0 rings (SSSR count). The predicted molar refractivity (Wildman–Crippen MR) is 270 cm³/mol. The highest BCUT2D eigenvalue weighted by Gasteiger charge is 2.19. The second-order valence-corrected chi connectivity index (χ2v) is 20.5. The maximum atomic E-state index is 12.8. The van der Waals surface area contributed by atoms with Crippen molar-refractivity contribution in [2.75, 3.05) is 13.2 Å². The zero-order chi connectivity index (χ0) is 46.1. The molecule has 0 saturated carbocycles. The minimum Gasteiger partial charge on any atom is -0.462 e. The van der Waals surface area contributed by atoms with Crippen LogP contribution in [0.1, 0.15) is 317 Å². The molecule has 0 fully saturated rings. The second kappa shape index (κ2) is 49.8. The molecule has 0 aromatic heterocycles. The van der Waals surface area contributed by atoms with Gasteiger partial charge in [-0.05, 0) is 31.1 Å². The Morgan fingerprint density at radius 3 is 0.778 bits per heavy atom. The van der Waals surface area contributed by atoms with Gasteiger partial charge in [-0.15, -0.1) is 0 Å². The average Bonchev–Trinajstić information content (AvgIpc) is 3.25. The molecule has 0 spiro atoms. The average molecular weight is 892 g/mol. The van der Waals surface area contributed by atoms with Crippen LogP contribution in [0, 0.1) is 11.8 Å². The van der Waals surface area contributed by atoms with E-state index in [9.17, 15) is 14.4 Å². The Hall–Kier alpha value is -1.59. The minimum atomic E-state index is -0.762. The third-order valence-corrected chi connectivity index (χ3v) is 13.0. The summed E-state index contributed by atoms with van der Waals surface area (Å²) in [5, 5.41) is 0. The maximum Gasteiger partial charge on any atom is 0.306 e. The van der Waals surface area contributed by atoms with Crippen molar-refractivity contribution in [2.24, 2.45) is 11.8 Å². The number of hydrogen-bond donors (Lipinski definition) is 0. The van der Waals surface area contributed by atoms with Crippen LogP contribution in [0.15, 0.2) is 0 Å². The molecule has 1 atom stereocenters. The van der Waals surface area contributed by atoms with Gasteiger partial charge in [-0.1, -0.05) is 279 Å². The first-order valence-corrected chi connectivity index (χ1v) is 28.2. The summed E-state index contributed by atoms with van der Waals surface area (Å²) in [7, 11) is 0. The molecule has 0 bridgehead atoms. The van der Waals surface area contributed by atoms with E-state index in [0.717, 1.165) is 69.6 Å². The molecule has 0 aliphatic rings. The number of rotatable bonds is 51. The largest absolute Gasteiger partial charge is 0.462 e. The Balaban J connectivity index is 4.28. The van der Waals surface area contributed by atoms with Crippen molar-refractivity contribution in [3.05, 3.63) is 0 Å². The summed E-state index contributed by atoms with van der Waals surface area (Å²) in [6, 6.07) is 0. The van der Waals surface area contributed by atoms with Gasteiger partial charge in [-0.3, -0.25) is 14.4 Å². The van der Waals surface area contributed by atoms with Crippen LogP contribution in [0.3, 0.4) is 0 Å². The van der Waals surface area contributed by atoms with Gasteiger partial charge in [-0.2, -0.15) is 0 Å². The lowest BCUT2D eigenvalue weighted by atomic mass is 10.0. The van der Waals surface area contributed by atoms with E-state index in [1.165, 1.54) is 205 Å². The third kappa shape index (κ3) is 51.3. The van der Waals surface area contributed by atoms with E-state index >= 15 is 0 Å². The Morgan fingerprint density at radius 2 is 0.524 bits per heavy atom. The summed E-state index contributed by atoms with van der Waals surface area (Å²) in [5.74, 6) is 0.824.